The lowest BCUT2D eigenvalue weighted by Gasteiger charge is -2.12. The van der Waals surface area contributed by atoms with Crippen LogP contribution in [0.4, 0.5) is 0 Å². The van der Waals surface area contributed by atoms with Crippen molar-refractivity contribution in [1.29, 1.82) is 0 Å². The van der Waals surface area contributed by atoms with Gasteiger partial charge in [-0.25, -0.2) is 0 Å². The molecule has 1 atom stereocenters. The van der Waals surface area contributed by atoms with E-state index in [1.807, 2.05) is 18.2 Å². The highest BCUT2D eigenvalue weighted by atomic mass is 35.5. The van der Waals surface area contributed by atoms with Crippen LogP contribution >= 0.6 is 11.6 Å². The number of fused-ring (bicyclic) bond motifs is 1. The van der Waals surface area contributed by atoms with Crippen molar-refractivity contribution in [2.24, 2.45) is 0 Å². The van der Waals surface area contributed by atoms with Crippen LogP contribution in [-0.2, 0) is 4.79 Å². The predicted molar refractivity (Wildman–Crippen MR) is 67.5 cm³/mol. The third-order valence-corrected chi connectivity index (χ3v) is 3.22. The van der Waals surface area contributed by atoms with E-state index in [0.29, 0.717) is 25.4 Å². The Labute approximate surface area is 110 Å². The minimum atomic E-state index is -0.838. The molecule has 1 aliphatic heterocycles. The first-order chi connectivity index (χ1) is 8.66. The van der Waals surface area contributed by atoms with Crippen LogP contribution in [0.25, 0.3) is 0 Å². The third-order valence-electron chi connectivity index (χ3n) is 2.74. The van der Waals surface area contributed by atoms with Gasteiger partial charge in [-0.2, -0.15) is 0 Å². The number of halogens is 1. The molecule has 0 fully saturated rings. The minimum absolute atomic E-state index is 0.0581. The van der Waals surface area contributed by atoms with Crippen molar-refractivity contribution < 1.29 is 19.4 Å². The lowest BCUT2D eigenvalue weighted by molar-refractivity contribution is -0.137. The van der Waals surface area contributed by atoms with Gasteiger partial charge in [-0.05, 0) is 24.1 Å². The van der Waals surface area contributed by atoms with Crippen molar-refractivity contribution in [3.63, 3.8) is 0 Å². The average molecular weight is 271 g/mol. The molecule has 1 aromatic rings. The number of alkyl halides is 1. The van der Waals surface area contributed by atoms with E-state index in [9.17, 15) is 4.79 Å². The molecule has 1 heterocycles. The van der Waals surface area contributed by atoms with Gasteiger partial charge in [-0.15, -0.1) is 11.6 Å². The van der Waals surface area contributed by atoms with Crippen molar-refractivity contribution in [2.45, 2.75) is 24.6 Å². The van der Waals surface area contributed by atoms with Gasteiger partial charge in [-0.3, -0.25) is 4.79 Å². The highest BCUT2D eigenvalue weighted by Gasteiger charge is 2.15. The molecular formula is C13H15ClO4. The molecule has 0 aromatic heterocycles. The van der Waals surface area contributed by atoms with Gasteiger partial charge in [0.15, 0.2) is 11.5 Å². The van der Waals surface area contributed by atoms with E-state index in [1.165, 1.54) is 0 Å². The number of carbonyl (C=O) groups is 1. The summed E-state index contributed by atoms with van der Waals surface area (Å²) in [6.07, 6.45) is 1.31. The second kappa shape index (κ2) is 5.96. The van der Waals surface area contributed by atoms with Crippen molar-refractivity contribution in [3.8, 4) is 11.5 Å². The van der Waals surface area contributed by atoms with Gasteiger partial charge in [0, 0.05) is 12.8 Å². The summed E-state index contributed by atoms with van der Waals surface area (Å²) in [6.45, 7) is 1.27. The monoisotopic (exact) mass is 270 g/mol. The fraction of sp³-hybridized carbons (Fsp3) is 0.462. The maximum Gasteiger partial charge on any atom is 0.303 e. The third kappa shape index (κ3) is 3.29. The zero-order chi connectivity index (χ0) is 13.0. The molecule has 1 unspecified atom stereocenters. The van der Waals surface area contributed by atoms with Crippen molar-refractivity contribution in [3.05, 3.63) is 23.8 Å². The standard InChI is InChI=1S/C13H15ClO4/c14-10(3-5-13(15)16)9-2-4-11-12(8-9)18-7-1-6-17-11/h2,4,8,10H,1,3,5-7H2,(H,15,16). The molecular weight excluding hydrogens is 256 g/mol. The number of benzene rings is 1. The van der Waals surface area contributed by atoms with E-state index in [2.05, 4.69) is 0 Å². The van der Waals surface area contributed by atoms with Crippen molar-refractivity contribution >= 4 is 17.6 Å². The van der Waals surface area contributed by atoms with Crippen LogP contribution in [0.3, 0.4) is 0 Å². The predicted octanol–water partition coefficient (Wildman–Crippen LogP) is 2.99. The van der Waals surface area contributed by atoms with E-state index in [4.69, 9.17) is 26.2 Å². The quantitative estimate of drug-likeness (QED) is 0.855. The summed E-state index contributed by atoms with van der Waals surface area (Å²) in [6, 6.07) is 5.51. The fourth-order valence-electron chi connectivity index (χ4n) is 1.79. The van der Waals surface area contributed by atoms with Crippen LogP contribution in [-0.4, -0.2) is 24.3 Å². The molecule has 1 aromatic carbocycles. The Balaban J connectivity index is 2.09. The lowest BCUT2D eigenvalue weighted by atomic mass is 10.1. The van der Waals surface area contributed by atoms with Gasteiger partial charge in [0.1, 0.15) is 0 Å². The highest BCUT2D eigenvalue weighted by molar-refractivity contribution is 6.20. The fourth-order valence-corrected chi connectivity index (χ4v) is 2.04. The lowest BCUT2D eigenvalue weighted by Crippen LogP contribution is -1.99. The number of rotatable bonds is 4. The van der Waals surface area contributed by atoms with Crippen LogP contribution < -0.4 is 9.47 Å². The summed E-state index contributed by atoms with van der Waals surface area (Å²) in [4.78, 5) is 10.5. The van der Waals surface area contributed by atoms with Crippen LogP contribution in [0.1, 0.15) is 30.2 Å². The molecule has 0 aliphatic carbocycles. The summed E-state index contributed by atoms with van der Waals surface area (Å²) in [5, 5.41) is 8.31. The summed E-state index contributed by atoms with van der Waals surface area (Å²) >= 11 is 6.17. The van der Waals surface area contributed by atoms with Crippen molar-refractivity contribution in [1.82, 2.24) is 0 Å². The zero-order valence-corrected chi connectivity index (χ0v) is 10.7. The maximum atomic E-state index is 10.5. The second-order valence-corrected chi connectivity index (χ2v) is 4.68. The maximum absolute atomic E-state index is 10.5. The first-order valence-electron chi connectivity index (χ1n) is 5.92. The largest absolute Gasteiger partial charge is 0.490 e. The van der Waals surface area contributed by atoms with E-state index < -0.39 is 5.97 Å². The number of ether oxygens (including phenoxy) is 2. The van der Waals surface area contributed by atoms with Gasteiger partial charge in [0.2, 0.25) is 0 Å². The number of carboxylic acid groups (broad SMARTS) is 1. The van der Waals surface area contributed by atoms with E-state index in [0.717, 1.165) is 17.7 Å². The van der Waals surface area contributed by atoms with E-state index >= 15 is 0 Å². The highest BCUT2D eigenvalue weighted by Crippen LogP contribution is 2.35. The van der Waals surface area contributed by atoms with Crippen LogP contribution in [0, 0.1) is 0 Å². The van der Waals surface area contributed by atoms with Crippen LogP contribution in [0.5, 0.6) is 11.5 Å². The molecule has 2 rings (SSSR count). The second-order valence-electron chi connectivity index (χ2n) is 4.16. The zero-order valence-electron chi connectivity index (χ0n) is 9.89. The molecule has 0 spiro atoms. The van der Waals surface area contributed by atoms with Gasteiger partial charge < -0.3 is 14.6 Å². The molecule has 0 radical (unpaired) electrons. The summed E-state index contributed by atoms with van der Waals surface area (Å²) < 4.78 is 11.1. The van der Waals surface area contributed by atoms with E-state index in [-0.39, 0.29) is 11.8 Å². The molecule has 4 nitrogen and oxygen atoms in total. The Kier molecular flexibility index (Phi) is 4.31. The Hall–Kier alpha value is -1.42. The van der Waals surface area contributed by atoms with Crippen molar-refractivity contribution in [2.75, 3.05) is 13.2 Å². The summed E-state index contributed by atoms with van der Waals surface area (Å²) in [5.41, 5.74) is 0.863. The molecule has 0 amide bonds. The molecule has 98 valence electrons. The Morgan fingerprint density at radius 2 is 2.06 bits per heavy atom. The summed E-state index contributed by atoms with van der Waals surface area (Å²) in [7, 11) is 0. The number of hydrogen-bond donors (Lipinski definition) is 1. The van der Waals surface area contributed by atoms with Gasteiger partial charge >= 0.3 is 5.97 Å². The van der Waals surface area contributed by atoms with Crippen LogP contribution in [0.15, 0.2) is 18.2 Å². The molecule has 1 aliphatic rings. The first-order valence-corrected chi connectivity index (χ1v) is 6.36. The van der Waals surface area contributed by atoms with Gasteiger partial charge in [0.25, 0.3) is 0 Å². The molecule has 18 heavy (non-hydrogen) atoms. The van der Waals surface area contributed by atoms with Crippen LogP contribution in [0.2, 0.25) is 0 Å². The SMILES string of the molecule is O=C(O)CCC(Cl)c1ccc2c(c1)OCCCO2. The van der Waals surface area contributed by atoms with Gasteiger partial charge in [0.05, 0.1) is 18.6 Å². The summed E-state index contributed by atoms with van der Waals surface area (Å²) in [5.74, 6) is 0.569. The minimum Gasteiger partial charge on any atom is -0.490 e. The molecule has 0 saturated heterocycles. The average Bonchev–Trinajstić information content (AvgIpc) is 2.60. The molecule has 0 bridgehead atoms. The molecule has 5 heteroatoms. The Bertz CT molecular complexity index is 433. The number of carboxylic acids is 1. The Morgan fingerprint density at radius 1 is 1.33 bits per heavy atom. The van der Waals surface area contributed by atoms with Gasteiger partial charge in [-0.1, -0.05) is 6.07 Å². The molecule has 0 saturated carbocycles. The number of hydrogen-bond acceptors (Lipinski definition) is 3. The normalized spacial score (nSPS) is 15.8. The van der Waals surface area contributed by atoms with E-state index in [1.54, 1.807) is 0 Å². The Morgan fingerprint density at radius 3 is 2.78 bits per heavy atom. The molecule has 1 N–H and O–H groups in total. The first kappa shape index (κ1) is 13.0. The topological polar surface area (TPSA) is 55.8 Å². The smallest absolute Gasteiger partial charge is 0.303 e. The number of aliphatic carboxylic acids is 1.